The average molecular weight is 369 g/mol. The largest absolute Gasteiger partial charge is 0.383 e. The maximum atomic E-state index is 14.0. The summed E-state index contributed by atoms with van der Waals surface area (Å²) in [6, 6.07) is 4.04. The van der Waals surface area contributed by atoms with Crippen molar-refractivity contribution in [1.29, 1.82) is 0 Å². The van der Waals surface area contributed by atoms with Crippen molar-refractivity contribution in [2.45, 2.75) is 19.3 Å². The molecular formula is C18H22ClFN2O3. The molecule has 25 heavy (non-hydrogen) atoms. The van der Waals surface area contributed by atoms with E-state index in [1.54, 1.807) is 12.0 Å². The third-order valence-electron chi connectivity index (χ3n) is 5.19. The second-order valence-corrected chi connectivity index (χ2v) is 7.21. The Hall–Kier alpha value is -1.66. The van der Waals surface area contributed by atoms with E-state index in [1.807, 2.05) is 4.90 Å². The predicted octanol–water partition coefficient (Wildman–Crippen LogP) is 2.58. The van der Waals surface area contributed by atoms with Gasteiger partial charge in [0.05, 0.1) is 17.6 Å². The summed E-state index contributed by atoms with van der Waals surface area (Å²) < 4.78 is 19.1. The van der Waals surface area contributed by atoms with E-state index in [0.29, 0.717) is 32.7 Å². The van der Waals surface area contributed by atoms with E-state index in [-0.39, 0.29) is 22.4 Å². The number of ether oxygens (including phenoxy) is 1. The number of amides is 2. The summed E-state index contributed by atoms with van der Waals surface area (Å²) in [6.45, 7) is 2.60. The number of carbonyl (C=O) groups excluding carboxylic acids is 2. The van der Waals surface area contributed by atoms with Crippen molar-refractivity contribution >= 4 is 23.4 Å². The molecule has 2 aliphatic heterocycles. The second kappa shape index (κ2) is 7.30. The van der Waals surface area contributed by atoms with Crippen LogP contribution >= 0.6 is 11.6 Å². The maximum absolute atomic E-state index is 14.0. The molecule has 0 saturated carbocycles. The number of likely N-dealkylation sites (tertiary alicyclic amines) is 2. The number of piperidine rings is 1. The minimum absolute atomic E-state index is 0.000877. The molecule has 0 radical (unpaired) electrons. The van der Waals surface area contributed by atoms with Crippen LogP contribution in [0.4, 0.5) is 4.39 Å². The van der Waals surface area contributed by atoms with Gasteiger partial charge in [-0.05, 0) is 37.5 Å². The molecule has 1 aromatic carbocycles. The SMILES string of the molecule is COCCN1CCC[C@@]2(CCN(C(=O)c3ccc(Cl)cc3F)C2)C1=O. The first-order valence-electron chi connectivity index (χ1n) is 8.49. The molecule has 0 bridgehead atoms. The summed E-state index contributed by atoms with van der Waals surface area (Å²) in [6.07, 6.45) is 2.30. The van der Waals surface area contributed by atoms with Crippen LogP contribution in [0, 0.1) is 11.2 Å². The molecular weight excluding hydrogens is 347 g/mol. The predicted molar refractivity (Wildman–Crippen MR) is 92.1 cm³/mol. The van der Waals surface area contributed by atoms with Gasteiger partial charge in [0.2, 0.25) is 5.91 Å². The molecule has 0 unspecified atom stereocenters. The third-order valence-corrected chi connectivity index (χ3v) is 5.43. The van der Waals surface area contributed by atoms with Crippen molar-refractivity contribution in [1.82, 2.24) is 9.80 Å². The second-order valence-electron chi connectivity index (χ2n) is 6.77. The number of methoxy groups -OCH3 is 1. The summed E-state index contributed by atoms with van der Waals surface area (Å²) in [4.78, 5) is 29.0. The van der Waals surface area contributed by atoms with Crippen molar-refractivity contribution in [3.63, 3.8) is 0 Å². The highest BCUT2D eigenvalue weighted by Gasteiger charge is 2.49. The van der Waals surface area contributed by atoms with Crippen LogP contribution in [-0.4, -0.2) is 61.5 Å². The summed E-state index contributed by atoms with van der Waals surface area (Å²) in [5.41, 5.74) is -0.536. The van der Waals surface area contributed by atoms with Gasteiger partial charge in [0.25, 0.3) is 5.91 Å². The molecule has 5 nitrogen and oxygen atoms in total. The molecule has 1 aromatic rings. The number of hydrogen-bond acceptors (Lipinski definition) is 3. The van der Waals surface area contributed by atoms with Gasteiger partial charge in [-0.3, -0.25) is 9.59 Å². The van der Waals surface area contributed by atoms with Gasteiger partial charge in [-0.25, -0.2) is 4.39 Å². The smallest absolute Gasteiger partial charge is 0.256 e. The topological polar surface area (TPSA) is 49.9 Å². The molecule has 0 N–H and O–H groups in total. The molecule has 7 heteroatoms. The lowest BCUT2D eigenvalue weighted by atomic mass is 9.78. The Morgan fingerprint density at radius 2 is 2.16 bits per heavy atom. The zero-order valence-corrected chi connectivity index (χ0v) is 15.0. The molecule has 2 amide bonds. The number of benzene rings is 1. The van der Waals surface area contributed by atoms with E-state index in [2.05, 4.69) is 0 Å². The van der Waals surface area contributed by atoms with Crippen LogP contribution in [-0.2, 0) is 9.53 Å². The molecule has 136 valence electrons. The van der Waals surface area contributed by atoms with Gasteiger partial charge in [-0.1, -0.05) is 11.6 Å². The van der Waals surface area contributed by atoms with Crippen molar-refractivity contribution in [2.24, 2.45) is 5.41 Å². The normalized spacial score (nSPS) is 23.6. The van der Waals surface area contributed by atoms with Gasteiger partial charge < -0.3 is 14.5 Å². The van der Waals surface area contributed by atoms with Gasteiger partial charge in [-0.15, -0.1) is 0 Å². The Balaban J connectivity index is 1.73. The highest BCUT2D eigenvalue weighted by Crippen LogP contribution is 2.40. The lowest BCUT2D eigenvalue weighted by Crippen LogP contribution is -2.51. The number of carbonyl (C=O) groups is 2. The molecule has 2 heterocycles. The summed E-state index contributed by atoms with van der Waals surface area (Å²) in [5.74, 6) is -0.925. The highest BCUT2D eigenvalue weighted by atomic mass is 35.5. The first-order valence-corrected chi connectivity index (χ1v) is 8.87. The van der Waals surface area contributed by atoms with Crippen molar-refractivity contribution in [3.05, 3.63) is 34.6 Å². The fourth-order valence-electron chi connectivity index (χ4n) is 3.82. The van der Waals surface area contributed by atoms with Crippen LogP contribution in [0.2, 0.25) is 5.02 Å². The minimum atomic E-state index is -0.629. The van der Waals surface area contributed by atoms with E-state index >= 15 is 0 Å². The highest BCUT2D eigenvalue weighted by molar-refractivity contribution is 6.30. The van der Waals surface area contributed by atoms with E-state index < -0.39 is 11.2 Å². The quantitative estimate of drug-likeness (QED) is 0.820. The number of rotatable bonds is 4. The Labute approximate surface area is 151 Å². The Morgan fingerprint density at radius 1 is 1.36 bits per heavy atom. The first kappa shape index (κ1) is 18.1. The van der Waals surface area contributed by atoms with Crippen LogP contribution in [0.15, 0.2) is 18.2 Å². The molecule has 3 rings (SSSR count). The average Bonchev–Trinajstić information content (AvgIpc) is 3.01. The zero-order chi connectivity index (χ0) is 18.0. The molecule has 1 atom stereocenters. The van der Waals surface area contributed by atoms with E-state index in [4.69, 9.17) is 16.3 Å². The minimum Gasteiger partial charge on any atom is -0.383 e. The van der Waals surface area contributed by atoms with Crippen LogP contribution in [0.25, 0.3) is 0 Å². The number of halogens is 2. The van der Waals surface area contributed by atoms with E-state index in [9.17, 15) is 14.0 Å². The van der Waals surface area contributed by atoms with E-state index in [1.165, 1.54) is 12.1 Å². The molecule has 2 aliphatic rings. The van der Waals surface area contributed by atoms with Crippen LogP contribution in [0.1, 0.15) is 29.6 Å². The molecule has 0 aromatic heterocycles. The third kappa shape index (κ3) is 3.51. The number of nitrogens with zero attached hydrogens (tertiary/aromatic N) is 2. The van der Waals surface area contributed by atoms with Crippen molar-refractivity contribution < 1.29 is 18.7 Å². The van der Waals surface area contributed by atoms with Crippen LogP contribution in [0.5, 0.6) is 0 Å². The van der Waals surface area contributed by atoms with Crippen molar-refractivity contribution in [3.8, 4) is 0 Å². The van der Waals surface area contributed by atoms with E-state index in [0.717, 1.165) is 25.5 Å². The Kier molecular flexibility index (Phi) is 5.29. The zero-order valence-electron chi connectivity index (χ0n) is 14.3. The van der Waals surface area contributed by atoms with Gasteiger partial charge in [0, 0.05) is 38.3 Å². The monoisotopic (exact) mass is 368 g/mol. The summed E-state index contributed by atoms with van der Waals surface area (Å²) in [5, 5.41) is 0.253. The van der Waals surface area contributed by atoms with Gasteiger partial charge in [-0.2, -0.15) is 0 Å². The lowest BCUT2D eigenvalue weighted by molar-refractivity contribution is -0.146. The van der Waals surface area contributed by atoms with Gasteiger partial charge >= 0.3 is 0 Å². The fourth-order valence-corrected chi connectivity index (χ4v) is 3.98. The molecule has 2 fully saturated rings. The fraction of sp³-hybridized carbons (Fsp3) is 0.556. The van der Waals surface area contributed by atoms with Crippen molar-refractivity contribution in [2.75, 3.05) is 39.9 Å². The molecule has 2 saturated heterocycles. The molecule has 0 aliphatic carbocycles. The lowest BCUT2D eigenvalue weighted by Gasteiger charge is -2.39. The van der Waals surface area contributed by atoms with Gasteiger partial charge in [0.15, 0.2) is 0 Å². The molecule has 1 spiro atoms. The Bertz CT molecular complexity index is 684. The maximum Gasteiger partial charge on any atom is 0.256 e. The van der Waals surface area contributed by atoms with Crippen LogP contribution in [0.3, 0.4) is 0 Å². The summed E-state index contributed by atoms with van der Waals surface area (Å²) in [7, 11) is 1.61. The van der Waals surface area contributed by atoms with Crippen LogP contribution < -0.4 is 0 Å². The first-order chi connectivity index (χ1) is 12.0. The Morgan fingerprint density at radius 3 is 2.88 bits per heavy atom. The standard InChI is InChI=1S/C18H22ClFN2O3/c1-25-10-9-21-7-2-5-18(17(21)24)6-8-22(12-18)16(23)14-4-3-13(19)11-15(14)20/h3-4,11H,2,5-10,12H2,1H3/t18-/m0/s1. The number of hydrogen-bond donors (Lipinski definition) is 0. The summed E-state index contributed by atoms with van der Waals surface area (Å²) >= 11 is 5.75. The van der Waals surface area contributed by atoms with Gasteiger partial charge in [0.1, 0.15) is 5.82 Å².